The van der Waals surface area contributed by atoms with E-state index >= 15 is 0 Å². The molecule has 3 aromatic heterocycles. The molecule has 0 amide bonds. The maximum atomic E-state index is 5.13. The third-order valence-electron chi connectivity index (χ3n) is 10.5. The van der Waals surface area contributed by atoms with E-state index in [1.165, 1.54) is 62.6 Å². The Morgan fingerprint density at radius 2 is 0.804 bits per heavy atom. The van der Waals surface area contributed by atoms with Gasteiger partial charge in [-0.15, -0.1) is 22.7 Å². The summed E-state index contributed by atoms with van der Waals surface area (Å²) in [5.41, 5.74) is 10.1. The lowest BCUT2D eigenvalue weighted by atomic mass is 9.95. The van der Waals surface area contributed by atoms with E-state index in [4.69, 9.17) is 15.0 Å². The van der Waals surface area contributed by atoms with Crippen LogP contribution in [0.1, 0.15) is 0 Å². The van der Waals surface area contributed by atoms with E-state index in [1.807, 2.05) is 46.9 Å². The highest BCUT2D eigenvalue weighted by Gasteiger charge is 2.18. The summed E-state index contributed by atoms with van der Waals surface area (Å²) in [6.07, 6.45) is 0. The molecule has 11 aromatic rings. The number of nitrogens with zero attached hydrogens (tertiary/aromatic N) is 3. The minimum Gasteiger partial charge on any atom is -0.208 e. The van der Waals surface area contributed by atoms with Crippen molar-refractivity contribution in [1.29, 1.82) is 0 Å². The van der Waals surface area contributed by atoms with Crippen molar-refractivity contribution in [1.82, 2.24) is 15.0 Å². The van der Waals surface area contributed by atoms with Gasteiger partial charge in [0.2, 0.25) is 0 Å². The van der Waals surface area contributed by atoms with Crippen LogP contribution in [0.5, 0.6) is 0 Å². The topological polar surface area (TPSA) is 38.7 Å². The molecule has 0 atom stereocenters. The van der Waals surface area contributed by atoms with Crippen LogP contribution in [0.25, 0.3) is 108 Å². The standard InChI is InChI=1S/C51H31N3S2/c1-4-14-32(15-5-1)35-20-12-21-36(28-35)50-52-49(34-18-8-3-9-19-34)53-51(54-50)37-26-27-41-42-24-13-23-39(47(42)56-46(41)31-37)38-29-43(33-16-6-2-7-17-33)48-44(30-38)40-22-10-11-25-45(40)55-48/h1-31H. The van der Waals surface area contributed by atoms with Gasteiger partial charge < -0.3 is 0 Å². The monoisotopic (exact) mass is 749 g/mol. The van der Waals surface area contributed by atoms with E-state index in [0.29, 0.717) is 17.5 Å². The van der Waals surface area contributed by atoms with Gasteiger partial charge in [-0.3, -0.25) is 0 Å². The summed E-state index contributed by atoms with van der Waals surface area (Å²) >= 11 is 3.72. The summed E-state index contributed by atoms with van der Waals surface area (Å²) in [5, 5.41) is 5.09. The zero-order valence-corrected chi connectivity index (χ0v) is 31.7. The number of aromatic nitrogens is 3. The number of rotatable bonds is 6. The molecular weight excluding hydrogens is 719 g/mol. The highest BCUT2D eigenvalue weighted by Crippen LogP contribution is 2.46. The van der Waals surface area contributed by atoms with Crippen molar-refractivity contribution in [3.8, 4) is 67.5 Å². The largest absolute Gasteiger partial charge is 0.208 e. The number of hydrogen-bond donors (Lipinski definition) is 0. The van der Waals surface area contributed by atoms with Crippen LogP contribution >= 0.6 is 22.7 Å². The molecule has 0 fully saturated rings. The van der Waals surface area contributed by atoms with E-state index < -0.39 is 0 Å². The van der Waals surface area contributed by atoms with Crippen molar-refractivity contribution in [3.05, 3.63) is 188 Å². The van der Waals surface area contributed by atoms with Gasteiger partial charge in [-0.25, -0.2) is 15.0 Å². The Morgan fingerprint density at radius 3 is 1.57 bits per heavy atom. The minimum atomic E-state index is 0.649. The third kappa shape index (κ3) is 5.68. The molecule has 0 aliphatic rings. The molecule has 0 saturated heterocycles. The molecule has 0 unspecified atom stereocenters. The zero-order chi connectivity index (χ0) is 37.0. The molecule has 0 aliphatic heterocycles. The van der Waals surface area contributed by atoms with E-state index in [0.717, 1.165) is 27.8 Å². The fourth-order valence-corrected chi connectivity index (χ4v) is 10.3. The Morgan fingerprint density at radius 1 is 0.268 bits per heavy atom. The van der Waals surface area contributed by atoms with Crippen molar-refractivity contribution < 1.29 is 0 Å². The first-order valence-electron chi connectivity index (χ1n) is 18.7. The van der Waals surface area contributed by atoms with E-state index in [1.54, 1.807) is 0 Å². The van der Waals surface area contributed by atoms with Gasteiger partial charge in [0.1, 0.15) is 0 Å². The van der Waals surface area contributed by atoms with E-state index in [9.17, 15) is 0 Å². The van der Waals surface area contributed by atoms with Crippen LogP contribution < -0.4 is 0 Å². The second-order valence-corrected chi connectivity index (χ2v) is 16.1. The van der Waals surface area contributed by atoms with Gasteiger partial charge in [0.15, 0.2) is 17.5 Å². The Labute approximate surface area is 331 Å². The number of fused-ring (bicyclic) bond motifs is 6. The smallest absolute Gasteiger partial charge is 0.164 e. The van der Waals surface area contributed by atoms with Gasteiger partial charge in [-0.05, 0) is 58.1 Å². The maximum Gasteiger partial charge on any atom is 0.164 e. The van der Waals surface area contributed by atoms with Crippen molar-refractivity contribution in [2.45, 2.75) is 0 Å². The SMILES string of the molecule is c1ccc(-c2cccc(-c3nc(-c4ccccc4)nc(-c4ccc5c(c4)sc4c(-c6cc(-c7ccccc7)c7sc8ccccc8c7c6)cccc45)n3)c2)cc1. The van der Waals surface area contributed by atoms with Gasteiger partial charge in [-0.1, -0.05) is 158 Å². The molecular formula is C51H31N3S2. The summed E-state index contributed by atoms with van der Waals surface area (Å²) in [4.78, 5) is 15.2. The predicted molar refractivity (Wildman–Crippen MR) is 238 cm³/mol. The molecule has 3 nitrogen and oxygen atoms in total. The summed E-state index contributed by atoms with van der Waals surface area (Å²) in [7, 11) is 0. The quantitative estimate of drug-likeness (QED) is 0.170. The molecule has 5 heteroatoms. The van der Waals surface area contributed by atoms with Crippen molar-refractivity contribution >= 4 is 63.0 Å². The molecule has 262 valence electrons. The third-order valence-corrected chi connectivity index (χ3v) is 12.9. The summed E-state index contributed by atoms with van der Waals surface area (Å²) in [6.45, 7) is 0. The van der Waals surface area contributed by atoms with Crippen LogP contribution in [0, 0.1) is 0 Å². The minimum absolute atomic E-state index is 0.649. The Bertz CT molecular complexity index is 3240. The molecule has 0 radical (unpaired) electrons. The second-order valence-electron chi connectivity index (χ2n) is 14.0. The van der Waals surface area contributed by atoms with Gasteiger partial charge in [0.05, 0.1) is 0 Å². The molecule has 11 rings (SSSR count). The summed E-state index contributed by atoms with van der Waals surface area (Å²) in [5.74, 6) is 1.96. The Hall–Kier alpha value is -6.79. The Kier molecular flexibility index (Phi) is 7.87. The van der Waals surface area contributed by atoms with Crippen molar-refractivity contribution in [2.75, 3.05) is 0 Å². The van der Waals surface area contributed by atoms with Gasteiger partial charge in [0, 0.05) is 62.6 Å². The van der Waals surface area contributed by atoms with Crippen LogP contribution in [-0.4, -0.2) is 15.0 Å². The summed E-state index contributed by atoms with van der Waals surface area (Å²) < 4.78 is 5.11. The van der Waals surface area contributed by atoms with Crippen LogP contribution in [-0.2, 0) is 0 Å². The highest BCUT2D eigenvalue weighted by atomic mass is 32.1. The van der Waals surface area contributed by atoms with Gasteiger partial charge in [-0.2, -0.15) is 0 Å². The lowest BCUT2D eigenvalue weighted by Crippen LogP contribution is -2.00. The average molecular weight is 750 g/mol. The zero-order valence-electron chi connectivity index (χ0n) is 30.1. The fraction of sp³-hybridized carbons (Fsp3) is 0. The number of thiophene rings is 2. The molecule has 0 aliphatic carbocycles. The van der Waals surface area contributed by atoms with Crippen molar-refractivity contribution in [3.63, 3.8) is 0 Å². The first kappa shape index (κ1) is 32.6. The first-order valence-corrected chi connectivity index (χ1v) is 20.3. The molecule has 0 bridgehead atoms. The molecule has 0 N–H and O–H groups in total. The lowest BCUT2D eigenvalue weighted by Gasteiger charge is -2.10. The first-order chi connectivity index (χ1) is 27.7. The Balaban J connectivity index is 1.07. The van der Waals surface area contributed by atoms with Crippen LogP contribution in [0.4, 0.5) is 0 Å². The van der Waals surface area contributed by atoms with Gasteiger partial charge >= 0.3 is 0 Å². The maximum absolute atomic E-state index is 5.13. The predicted octanol–water partition coefficient (Wildman–Crippen LogP) is 14.6. The molecule has 0 saturated carbocycles. The fourth-order valence-electron chi connectivity index (χ4n) is 7.80. The second kappa shape index (κ2) is 13.5. The molecule has 3 heterocycles. The molecule has 8 aromatic carbocycles. The molecule has 56 heavy (non-hydrogen) atoms. The number of benzene rings is 8. The van der Waals surface area contributed by atoms with E-state index in [2.05, 4.69) is 164 Å². The molecule has 0 spiro atoms. The van der Waals surface area contributed by atoms with Crippen LogP contribution in [0.3, 0.4) is 0 Å². The summed E-state index contributed by atoms with van der Waals surface area (Å²) in [6, 6.07) is 66.8. The van der Waals surface area contributed by atoms with Gasteiger partial charge in [0.25, 0.3) is 0 Å². The van der Waals surface area contributed by atoms with Crippen LogP contribution in [0.2, 0.25) is 0 Å². The van der Waals surface area contributed by atoms with E-state index in [-0.39, 0.29) is 0 Å². The highest BCUT2D eigenvalue weighted by molar-refractivity contribution is 7.27. The lowest BCUT2D eigenvalue weighted by molar-refractivity contribution is 1.07. The average Bonchev–Trinajstić information content (AvgIpc) is 3.85. The van der Waals surface area contributed by atoms with Crippen molar-refractivity contribution in [2.24, 2.45) is 0 Å². The number of hydrogen-bond acceptors (Lipinski definition) is 5. The van der Waals surface area contributed by atoms with Crippen LogP contribution in [0.15, 0.2) is 188 Å². The normalized spacial score (nSPS) is 11.6.